The van der Waals surface area contributed by atoms with Gasteiger partial charge < -0.3 is 4.74 Å². The Kier molecular flexibility index (Phi) is 3.05. The zero-order valence-corrected chi connectivity index (χ0v) is 9.03. The van der Waals surface area contributed by atoms with Gasteiger partial charge in [-0.1, -0.05) is 19.8 Å². The lowest BCUT2D eigenvalue weighted by molar-refractivity contribution is 0.112. The Morgan fingerprint density at radius 2 is 2.40 bits per heavy atom. The molecule has 1 atom stereocenters. The molecule has 1 heterocycles. The molecule has 0 saturated carbocycles. The molecule has 0 fully saturated rings. The lowest BCUT2D eigenvalue weighted by atomic mass is 10.0. The number of rotatable bonds is 4. The van der Waals surface area contributed by atoms with E-state index in [4.69, 9.17) is 4.74 Å². The molecule has 0 saturated heterocycles. The van der Waals surface area contributed by atoms with Crippen LogP contribution in [0.2, 0.25) is 0 Å². The van der Waals surface area contributed by atoms with Gasteiger partial charge in [0.15, 0.2) is 0 Å². The summed E-state index contributed by atoms with van der Waals surface area (Å²) in [5.41, 5.74) is 1.93. The zero-order chi connectivity index (χ0) is 10.7. The van der Waals surface area contributed by atoms with Crippen LogP contribution in [0.5, 0.6) is 5.75 Å². The second-order valence-corrected chi connectivity index (χ2v) is 4.07. The summed E-state index contributed by atoms with van der Waals surface area (Å²) in [6, 6.07) is 5.66. The first-order valence-corrected chi connectivity index (χ1v) is 5.58. The third kappa shape index (κ3) is 2.20. The molecule has 2 heteroatoms. The van der Waals surface area contributed by atoms with Crippen molar-refractivity contribution in [2.45, 2.75) is 38.7 Å². The van der Waals surface area contributed by atoms with E-state index in [0.717, 1.165) is 30.4 Å². The number of carbonyl (C=O) groups is 1. The summed E-state index contributed by atoms with van der Waals surface area (Å²) in [6.07, 6.45) is 5.69. The molecule has 2 rings (SSSR count). The summed E-state index contributed by atoms with van der Waals surface area (Å²) in [5.74, 6) is 0.960. The molecule has 2 nitrogen and oxygen atoms in total. The Bertz CT molecular complexity index is 358. The number of ether oxygens (including phenoxy) is 1. The largest absolute Gasteiger partial charge is 0.490 e. The van der Waals surface area contributed by atoms with E-state index in [0.29, 0.717) is 6.10 Å². The van der Waals surface area contributed by atoms with Gasteiger partial charge >= 0.3 is 0 Å². The molecule has 15 heavy (non-hydrogen) atoms. The van der Waals surface area contributed by atoms with E-state index in [-0.39, 0.29) is 0 Å². The van der Waals surface area contributed by atoms with Crippen LogP contribution in [0.1, 0.15) is 42.1 Å². The Labute approximate surface area is 90.3 Å². The molecule has 1 aliphatic heterocycles. The fourth-order valence-corrected chi connectivity index (χ4v) is 2.01. The van der Waals surface area contributed by atoms with E-state index in [1.807, 2.05) is 18.2 Å². The number of carbonyl (C=O) groups excluding carboxylic acids is 1. The first-order valence-electron chi connectivity index (χ1n) is 5.58. The minimum Gasteiger partial charge on any atom is -0.490 e. The highest BCUT2D eigenvalue weighted by Gasteiger charge is 2.22. The van der Waals surface area contributed by atoms with Crippen LogP contribution in [-0.4, -0.2) is 12.4 Å². The van der Waals surface area contributed by atoms with Crippen LogP contribution >= 0.6 is 0 Å². The summed E-state index contributed by atoms with van der Waals surface area (Å²) in [5, 5.41) is 0. The van der Waals surface area contributed by atoms with Gasteiger partial charge in [0.1, 0.15) is 18.1 Å². The average Bonchev–Trinajstić information content (AvgIpc) is 2.67. The molecule has 0 spiro atoms. The van der Waals surface area contributed by atoms with Crippen molar-refractivity contribution >= 4 is 6.29 Å². The van der Waals surface area contributed by atoms with Gasteiger partial charge in [0, 0.05) is 12.0 Å². The SMILES string of the molecule is CCCCC1Cc2cc(C=O)ccc2O1. The number of hydrogen-bond acceptors (Lipinski definition) is 2. The van der Waals surface area contributed by atoms with Crippen LogP contribution in [0.25, 0.3) is 0 Å². The summed E-state index contributed by atoms with van der Waals surface area (Å²) in [7, 11) is 0. The standard InChI is InChI=1S/C13H16O2/c1-2-3-4-12-8-11-7-10(9-14)5-6-13(11)15-12/h5-7,9,12H,2-4,8H2,1H3. The van der Waals surface area contributed by atoms with Crippen LogP contribution in [0, 0.1) is 0 Å². The Hall–Kier alpha value is -1.31. The molecular weight excluding hydrogens is 188 g/mol. The molecule has 1 aliphatic rings. The molecule has 1 aromatic carbocycles. The van der Waals surface area contributed by atoms with E-state index in [2.05, 4.69) is 6.92 Å². The maximum atomic E-state index is 10.6. The second-order valence-electron chi connectivity index (χ2n) is 4.07. The van der Waals surface area contributed by atoms with E-state index in [1.54, 1.807) is 0 Å². The second kappa shape index (κ2) is 4.47. The highest BCUT2D eigenvalue weighted by atomic mass is 16.5. The van der Waals surface area contributed by atoms with Crippen LogP contribution in [0.3, 0.4) is 0 Å². The smallest absolute Gasteiger partial charge is 0.150 e. The minimum atomic E-state index is 0.321. The van der Waals surface area contributed by atoms with Gasteiger partial charge in [0.2, 0.25) is 0 Å². The number of fused-ring (bicyclic) bond motifs is 1. The van der Waals surface area contributed by atoms with Gasteiger partial charge in [0.25, 0.3) is 0 Å². The predicted molar refractivity (Wildman–Crippen MR) is 59.5 cm³/mol. The first kappa shape index (κ1) is 10.2. The number of unbranched alkanes of at least 4 members (excludes halogenated alkanes) is 1. The van der Waals surface area contributed by atoms with E-state index in [9.17, 15) is 4.79 Å². The van der Waals surface area contributed by atoms with Crippen molar-refractivity contribution in [2.75, 3.05) is 0 Å². The molecular formula is C13H16O2. The van der Waals surface area contributed by atoms with Gasteiger partial charge in [-0.05, 0) is 30.2 Å². The van der Waals surface area contributed by atoms with Crippen LogP contribution in [-0.2, 0) is 6.42 Å². The highest BCUT2D eigenvalue weighted by molar-refractivity contribution is 5.75. The van der Waals surface area contributed by atoms with Gasteiger partial charge in [-0.25, -0.2) is 0 Å². The Balaban J connectivity index is 2.06. The van der Waals surface area contributed by atoms with Crippen molar-refractivity contribution in [3.05, 3.63) is 29.3 Å². The monoisotopic (exact) mass is 204 g/mol. The minimum absolute atomic E-state index is 0.321. The molecule has 0 radical (unpaired) electrons. The topological polar surface area (TPSA) is 26.3 Å². The third-order valence-corrected chi connectivity index (χ3v) is 2.84. The first-order chi connectivity index (χ1) is 7.33. The molecule has 0 aliphatic carbocycles. The Morgan fingerprint density at radius 3 is 3.13 bits per heavy atom. The van der Waals surface area contributed by atoms with Crippen LogP contribution in [0.4, 0.5) is 0 Å². The predicted octanol–water partition coefficient (Wildman–Crippen LogP) is 2.99. The fraction of sp³-hybridized carbons (Fsp3) is 0.462. The summed E-state index contributed by atoms with van der Waals surface area (Å²) >= 11 is 0. The molecule has 0 aromatic heterocycles. The molecule has 0 amide bonds. The number of benzene rings is 1. The Morgan fingerprint density at radius 1 is 1.53 bits per heavy atom. The lowest BCUT2D eigenvalue weighted by Gasteiger charge is -2.08. The van der Waals surface area contributed by atoms with E-state index >= 15 is 0 Å². The lowest BCUT2D eigenvalue weighted by Crippen LogP contribution is -2.12. The zero-order valence-electron chi connectivity index (χ0n) is 9.03. The van der Waals surface area contributed by atoms with Gasteiger partial charge in [-0.3, -0.25) is 4.79 Å². The van der Waals surface area contributed by atoms with Crippen molar-refractivity contribution in [2.24, 2.45) is 0 Å². The van der Waals surface area contributed by atoms with Gasteiger partial charge in [-0.15, -0.1) is 0 Å². The van der Waals surface area contributed by atoms with E-state index in [1.165, 1.54) is 18.4 Å². The molecule has 1 unspecified atom stereocenters. The fourth-order valence-electron chi connectivity index (χ4n) is 2.01. The van der Waals surface area contributed by atoms with Gasteiger partial charge in [-0.2, -0.15) is 0 Å². The molecule has 80 valence electrons. The summed E-state index contributed by atoms with van der Waals surface area (Å²) in [4.78, 5) is 10.6. The van der Waals surface area contributed by atoms with Crippen LogP contribution < -0.4 is 4.74 Å². The molecule has 0 N–H and O–H groups in total. The number of hydrogen-bond donors (Lipinski definition) is 0. The van der Waals surface area contributed by atoms with Crippen molar-refractivity contribution in [1.82, 2.24) is 0 Å². The molecule has 0 bridgehead atoms. The van der Waals surface area contributed by atoms with Crippen molar-refractivity contribution < 1.29 is 9.53 Å². The van der Waals surface area contributed by atoms with Gasteiger partial charge in [0.05, 0.1) is 0 Å². The summed E-state index contributed by atoms with van der Waals surface area (Å²) in [6.45, 7) is 2.19. The maximum absolute atomic E-state index is 10.6. The maximum Gasteiger partial charge on any atom is 0.150 e. The normalized spacial score (nSPS) is 18.3. The van der Waals surface area contributed by atoms with Crippen molar-refractivity contribution in [3.8, 4) is 5.75 Å². The van der Waals surface area contributed by atoms with Crippen LogP contribution in [0.15, 0.2) is 18.2 Å². The van der Waals surface area contributed by atoms with E-state index < -0.39 is 0 Å². The summed E-state index contributed by atoms with van der Waals surface area (Å²) < 4.78 is 5.79. The van der Waals surface area contributed by atoms with Crippen molar-refractivity contribution in [1.29, 1.82) is 0 Å². The number of aldehydes is 1. The average molecular weight is 204 g/mol. The quantitative estimate of drug-likeness (QED) is 0.705. The highest BCUT2D eigenvalue weighted by Crippen LogP contribution is 2.31. The molecule has 1 aromatic rings. The third-order valence-electron chi connectivity index (χ3n) is 2.84. The van der Waals surface area contributed by atoms with Crippen molar-refractivity contribution in [3.63, 3.8) is 0 Å².